The number of fused-ring (bicyclic) bond motifs is 1. The number of hydrogen-bond acceptors (Lipinski definition) is 3. The van der Waals surface area contributed by atoms with Crippen LogP contribution in [0.15, 0.2) is 42.5 Å². The standard InChI is InChI=1S/C17H17NO3/c1-12-5-4-6-13(18-12)11-17(16(19)20)9-10-21-15-8-3-2-7-14(15)17/h2-8H,9-11H2,1H3,(H,19,20). The van der Waals surface area contributed by atoms with Crippen molar-refractivity contribution in [2.45, 2.75) is 25.2 Å². The highest BCUT2D eigenvalue weighted by atomic mass is 16.5. The summed E-state index contributed by atoms with van der Waals surface area (Å²) in [6.07, 6.45) is 0.833. The van der Waals surface area contributed by atoms with Crippen molar-refractivity contribution in [2.24, 2.45) is 0 Å². The molecule has 2 heterocycles. The quantitative estimate of drug-likeness (QED) is 0.941. The van der Waals surface area contributed by atoms with Gasteiger partial charge in [-0.25, -0.2) is 0 Å². The number of aromatic nitrogens is 1. The maximum absolute atomic E-state index is 12.0. The first-order valence-corrected chi connectivity index (χ1v) is 7.00. The maximum Gasteiger partial charge on any atom is 0.314 e. The number of nitrogens with zero attached hydrogens (tertiary/aromatic N) is 1. The van der Waals surface area contributed by atoms with Gasteiger partial charge in [-0.05, 0) is 25.1 Å². The summed E-state index contributed by atoms with van der Waals surface area (Å²) >= 11 is 0. The maximum atomic E-state index is 12.0. The molecule has 2 aromatic rings. The van der Waals surface area contributed by atoms with Crippen LogP contribution in [-0.2, 0) is 16.6 Å². The zero-order chi connectivity index (χ0) is 14.9. The highest BCUT2D eigenvalue weighted by Gasteiger charge is 2.45. The Labute approximate surface area is 123 Å². The van der Waals surface area contributed by atoms with Gasteiger partial charge in [0.05, 0.1) is 6.61 Å². The molecule has 0 radical (unpaired) electrons. The van der Waals surface area contributed by atoms with Crippen LogP contribution < -0.4 is 4.74 Å². The predicted molar refractivity (Wildman–Crippen MR) is 78.5 cm³/mol. The van der Waals surface area contributed by atoms with Crippen LogP contribution in [0.4, 0.5) is 0 Å². The fraction of sp³-hybridized carbons (Fsp3) is 0.294. The molecule has 1 unspecified atom stereocenters. The van der Waals surface area contributed by atoms with Gasteiger partial charge in [0.25, 0.3) is 0 Å². The summed E-state index contributed by atoms with van der Waals surface area (Å²) in [6.45, 7) is 2.32. The molecule has 1 atom stereocenters. The Balaban J connectivity index is 2.08. The zero-order valence-electron chi connectivity index (χ0n) is 11.9. The Morgan fingerprint density at radius 1 is 1.29 bits per heavy atom. The van der Waals surface area contributed by atoms with Gasteiger partial charge in [0.2, 0.25) is 0 Å². The smallest absolute Gasteiger partial charge is 0.314 e. The number of aliphatic carboxylic acids is 1. The lowest BCUT2D eigenvalue weighted by molar-refractivity contribution is -0.145. The summed E-state index contributed by atoms with van der Waals surface area (Å²) in [7, 11) is 0. The number of carbonyl (C=O) groups is 1. The Kier molecular flexibility index (Phi) is 3.37. The minimum atomic E-state index is -0.963. The molecule has 0 bridgehead atoms. The number of benzene rings is 1. The van der Waals surface area contributed by atoms with E-state index in [0.717, 1.165) is 17.0 Å². The van der Waals surface area contributed by atoms with Crippen LogP contribution in [0.3, 0.4) is 0 Å². The molecule has 21 heavy (non-hydrogen) atoms. The molecule has 108 valence electrons. The van der Waals surface area contributed by atoms with E-state index in [1.807, 2.05) is 49.4 Å². The number of carboxylic acid groups (broad SMARTS) is 1. The van der Waals surface area contributed by atoms with Crippen LogP contribution in [0.2, 0.25) is 0 Å². The third-order valence-electron chi connectivity index (χ3n) is 4.03. The molecule has 1 aliphatic rings. The summed E-state index contributed by atoms with van der Waals surface area (Å²) in [4.78, 5) is 16.5. The molecule has 1 N–H and O–H groups in total. The summed E-state index contributed by atoms with van der Waals surface area (Å²) in [5.41, 5.74) is 1.48. The van der Waals surface area contributed by atoms with Crippen LogP contribution in [0, 0.1) is 6.92 Å². The van der Waals surface area contributed by atoms with Gasteiger partial charge in [-0.3, -0.25) is 9.78 Å². The first-order chi connectivity index (χ1) is 10.1. The largest absolute Gasteiger partial charge is 0.493 e. The van der Waals surface area contributed by atoms with E-state index >= 15 is 0 Å². The second-order valence-electron chi connectivity index (χ2n) is 5.43. The van der Waals surface area contributed by atoms with Crippen LogP contribution >= 0.6 is 0 Å². The third kappa shape index (κ3) is 2.37. The Hall–Kier alpha value is -2.36. The van der Waals surface area contributed by atoms with E-state index in [1.165, 1.54) is 0 Å². The fourth-order valence-corrected chi connectivity index (χ4v) is 2.95. The van der Waals surface area contributed by atoms with Crippen LogP contribution in [0.1, 0.15) is 23.4 Å². The lowest BCUT2D eigenvalue weighted by Gasteiger charge is -2.35. The predicted octanol–water partition coefficient (Wildman–Crippen LogP) is 2.74. The first kappa shape index (κ1) is 13.6. The third-order valence-corrected chi connectivity index (χ3v) is 4.03. The van der Waals surface area contributed by atoms with E-state index in [2.05, 4.69) is 4.98 Å². The van der Waals surface area contributed by atoms with E-state index in [9.17, 15) is 9.90 Å². The van der Waals surface area contributed by atoms with Crippen molar-refractivity contribution in [1.82, 2.24) is 4.98 Å². The molecule has 1 aromatic carbocycles. The van der Waals surface area contributed by atoms with E-state index in [0.29, 0.717) is 25.2 Å². The topological polar surface area (TPSA) is 59.4 Å². The molecule has 0 saturated carbocycles. The van der Waals surface area contributed by atoms with Crippen LogP contribution in [0.25, 0.3) is 0 Å². The average Bonchev–Trinajstić information content (AvgIpc) is 2.47. The van der Waals surface area contributed by atoms with E-state index in [4.69, 9.17) is 4.74 Å². The van der Waals surface area contributed by atoms with E-state index in [-0.39, 0.29) is 0 Å². The van der Waals surface area contributed by atoms with Gasteiger partial charge >= 0.3 is 5.97 Å². The molecule has 4 nitrogen and oxygen atoms in total. The van der Waals surface area contributed by atoms with E-state index in [1.54, 1.807) is 0 Å². The number of carboxylic acids is 1. The van der Waals surface area contributed by atoms with Crippen molar-refractivity contribution in [3.63, 3.8) is 0 Å². The lowest BCUT2D eigenvalue weighted by Crippen LogP contribution is -2.42. The Morgan fingerprint density at radius 3 is 2.86 bits per heavy atom. The van der Waals surface area contributed by atoms with Gasteiger partial charge in [-0.2, -0.15) is 0 Å². The number of rotatable bonds is 3. The highest BCUT2D eigenvalue weighted by molar-refractivity contribution is 5.83. The second kappa shape index (κ2) is 5.20. The summed E-state index contributed by atoms with van der Waals surface area (Å²) in [5.74, 6) is -0.152. The number of para-hydroxylation sites is 1. The normalized spacial score (nSPS) is 20.4. The molecule has 1 aromatic heterocycles. The molecule has 0 aliphatic carbocycles. The SMILES string of the molecule is Cc1cccc(CC2(C(=O)O)CCOc3ccccc32)n1. The number of aryl methyl sites for hydroxylation is 1. The number of ether oxygens (including phenoxy) is 1. The zero-order valence-corrected chi connectivity index (χ0v) is 11.9. The number of hydrogen-bond donors (Lipinski definition) is 1. The van der Waals surface area contributed by atoms with Crippen LogP contribution in [0.5, 0.6) is 5.75 Å². The molecule has 0 saturated heterocycles. The van der Waals surface area contributed by atoms with Crippen LogP contribution in [-0.4, -0.2) is 22.7 Å². The van der Waals surface area contributed by atoms with Crippen molar-refractivity contribution in [2.75, 3.05) is 6.61 Å². The molecule has 0 fully saturated rings. The molecular formula is C17H17NO3. The van der Waals surface area contributed by atoms with Gasteiger partial charge in [-0.1, -0.05) is 24.3 Å². The average molecular weight is 283 g/mol. The molecular weight excluding hydrogens is 266 g/mol. The fourth-order valence-electron chi connectivity index (χ4n) is 2.95. The molecule has 1 aliphatic heterocycles. The van der Waals surface area contributed by atoms with Gasteiger partial charge < -0.3 is 9.84 Å². The van der Waals surface area contributed by atoms with Gasteiger partial charge in [0.15, 0.2) is 0 Å². The minimum absolute atomic E-state index is 0.379. The lowest BCUT2D eigenvalue weighted by atomic mass is 9.72. The van der Waals surface area contributed by atoms with Gasteiger partial charge in [0.1, 0.15) is 11.2 Å². The second-order valence-corrected chi connectivity index (χ2v) is 5.43. The van der Waals surface area contributed by atoms with E-state index < -0.39 is 11.4 Å². The summed E-state index contributed by atoms with van der Waals surface area (Å²) in [5, 5.41) is 9.88. The summed E-state index contributed by atoms with van der Waals surface area (Å²) < 4.78 is 5.61. The van der Waals surface area contributed by atoms with Gasteiger partial charge in [0, 0.05) is 29.8 Å². The van der Waals surface area contributed by atoms with Crippen molar-refractivity contribution in [1.29, 1.82) is 0 Å². The molecule has 0 amide bonds. The molecule has 3 rings (SSSR count). The Bertz CT molecular complexity index is 683. The molecule has 4 heteroatoms. The van der Waals surface area contributed by atoms with Crippen molar-refractivity contribution in [3.05, 3.63) is 59.4 Å². The van der Waals surface area contributed by atoms with Gasteiger partial charge in [-0.15, -0.1) is 0 Å². The summed E-state index contributed by atoms with van der Waals surface area (Å²) in [6, 6.07) is 13.1. The number of pyridine rings is 1. The monoisotopic (exact) mass is 283 g/mol. The molecule has 0 spiro atoms. The van der Waals surface area contributed by atoms with Crippen molar-refractivity contribution >= 4 is 5.97 Å². The highest BCUT2D eigenvalue weighted by Crippen LogP contribution is 2.41. The first-order valence-electron chi connectivity index (χ1n) is 7.00. The van der Waals surface area contributed by atoms with Crippen molar-refractivity contribution in [3.8, 4) is 5.75 Å². The minimum Gasteiger partial charge on any atom is -0.493 e. The Morgan fingerprint density at radius 2 is 2.10 bits per heavy atom. The van der Waals surface area contributed by atoms with Crippen molar-refractivity contribution < 1.29 is 14.6 Å².